The van der Waals surface area contributed by atoms with Gasteiger partial charge in [0.15, 0.2) is 6.10 Å². The van der Waals surface area contributed by atoms with Gasteiger partial charge in [-0.2, -0.15) is 0 Å². The lowest BCUT2D eigenvalue weighted by Gasteiger charge is -2.34. The Morgan fingerprint density at radius 2 is 2.08 bits per heavy atom. The molecule has 1 amide bonds. The van der Waals surface area contributed by atoms with Crippen molar-refractivity contribution >= 4 is 17.5 Å². The van der Waals surface area contributed by atoms with Crippen molar-refractivity contribution in [2.45, 2.75) is 44.8 Å². The van der Waals surface area contributed by atoms with E-state index in [1.54, 1.807) is 12.1 Å². The number of halogens is 1. The van der Waals surface area contributed by atoms with E-state index in [-0.39, 0.29) is 12.0 Å². The second kappa shape index (κ2) is 9.87. The normalized spacial score (nSPS) is 16.9. The maximum absolute atomic E-state index is 12.7. The maximum atomic E-state index is 12.7. The SMILES string of the molecule is CCC(Oc1ccccc1Cl)C(=O)N1CCC(OCCCN)CC1. The minimum absolute atomic E-state index is 0.0258. The number of rotatable bonds is 8. The zero-order chi connectivity index (χ0) is 17.4. The lowest BCUT2D eigenvalue weighted by molar-refractivity contribution is -0.141. The van der Waals surface area contributed by atoms with Crippen LogP contribution in [0.1, 0.15) is 32.6 Å². The monoisotopic (exact) mass is 354 g/mol. The maximum Gasteiger partial charge on any atom is 0.263 e. The molecule has 24 heavy (non-hydrogen) atoms. The van der Waals surface area contributed by atoms with Gasteiger partial charge >= 0.3 is 0 Å². The molecule has 1 aromatic rings. The van der Waals surface area contributed by atoms with E-state index in [1.165, 1.54) is 0 Å². The van der Waals surface area contributed by atoms with Gasteiger partial charge in [0.2, 0.25) is 0 Å². The molecule has 1 atom stereocenters. The van der Waals surface area contributed by atoms with Crippen LogP contribution in [0.2, 0.25) is 5.02 Å². The van der Waals surface area contributed by atoms with Gasteiger partial charge < -0.3 is 20.1 Å². The summed E-state index contributed by atoms with van der Waals surface area (Å²) < 4.78 is 11.6. The first kappa shape index (κ1) is 19.0. The van der Waals surface area contributed by atoms with Crippen LogP contribution in [0, 0.1) is 0 Å². The highest BCUT2D eigenvalue weighted by molar-refractivity contribution is 6.32. The number of carbonyl (C=O) groups is 1. The molecule has 2 N–H and O–H groups in total. The molecular formula is C18H27ClN2O3. The Bertz CT molecular complexity index is 519. The molecule has 1 fully saturated rings. The van der Waals surface area contributed by atoms with Crippen molar-refractivity contribution in [2.75, 3.05) is 26.2 Å². The first-order valence-corrected chi connectivity index (χ1v) is 9.05. The van der Waals surface area contributed by atoms with Gasteiger partial charge in [-0.15, -0.1) is 0 Å². The van der Waals surface area contributed by atoms with E-state index in [0.29, 0.717) is 43.4 Å². The van der Waals surface area contributed by atoms with Crippen LogP contribution in [0.4, 0.5) is 0 Å². The first-order valence-electron chi connectivity index (χ1n) is 8.67. The van der Waals surface area contributed by atoms with E-state index in [2.05, 4.69) is 0 Å². The standard InChI is InChI=1S/C18H27ClN2O3/c1-2-16(24-17-7-4-3-6-15(17)19)18(22)21-11-8-14(9-12-21)23-13-5-10-20/h3-4,6-7,14,16H,2,5,8-13,20H2,1H3. The molecule has 0 radical (unpaired) electrons. The summed E-state index contributed by atoms with van der Waals surface area (Å²) in [5.74, 6) is 0.581. The van der Waals surface area contributed by atoms with Crippen molar-refractivity contribution in [2.24, 2.45) is 5.73 Å². The highest BCUT2D eigenvalue weighted by Gasteiger charge is 2.29. The lowest BCUT2D eigenvalue weighted by Crippen LogP contribution is -2.47. The van der Waals surface area contributed by atoms with Gasteiger partial charge in [0.25, 0.3) is 5.91 Å². The summed E-state index contributed by atoms with van der Waals surface area (Å²) in [5, 5.41) is 0.524. The fourth-order valence-electron chi connectivity index (χ4n) is 2.78. The Morgan fingerprint density at radius 1 is 1.38 bits per heavy atom. The van der Waals surface area contributed by atoms with Crippen molar-refractivity contribution in [1.82, 2.24) is 4.90 Å². The number of amides is 1. The molecule has 0 aliphatic carbocycles. The molecule has 1 heterocycles. The topological polar surface area (TPSA) is 64.8 Å². The third-order valence-electron chi connectivity index (χ3n) is 4.21. The molecule has 1 aromatic carbocycles. The average molecular weight is 355 g/mol. The number of ether oxygens (including phenoxy) is 2. The molecule has 134 valence electrons. The second-order valence-electron chi connectivity index (χ2n) is 5.98. The number of para-hydroxylation sites is 1. The Labute approximate surface area is 149 Å². The van der Waals surface area contributed by atoms with Gasteiger partial charge in [0, 0.05) is 19.7 Å². The number of nitrogens with zero attached hydrogens (tertiary/aromatic N) is 1. The lowest BCUT2D eigenvalue weighted by atomic mass is 10.1. The summed E-state index contributed by atoms with van der Waals surface area (Å²) in [6.07, 6.45) is 2.93. The fourth-order valence-corrected chi connectivity index (χ4v) is 2.96. The molecule has 1 unspecified atom stereocenters. The summed E-state index contributed by atoms with van der Waals surface area (Å²) in [5.41, 5.74) is 5.47. The van der Waals surface area contributed by atoms with Gasteiger partial charge in [-0.05, 0) is 44.4 Å². The quantitative estimate of drug-likeness (QED) is 0.729. The van der Waals surface area contributed by atoms with E-state index in [4.69, 9.17) is 26.8 Å². The van der Waals surface area contributed by atoms with Crippen molar-refractivity contribution in [1.29, 1.82) is 0 Å². The van der Waals surface area contributed by atoms with Gasteiger partial charge in [-0.3, -0.25) is 4.79 Å². The number of piperidine rings is 1. The molecule has 6 heteroatoms. The fraction of sp³-hybridized carbons (Fsp3) is 0.611. The van der Waals surface area contributed by atoms with Crippen LogP contribution in [0.25, 0.3) is 0 Å². The molecule has 0 bridgehead atoms. The van der Waals surface area contributed by atoms with Gasteiger partial charge in [-0.1, -0.05) is 30.7 Å². The van der Waals surface area contributed by atoms with Crippen molar-refractivity contribution in [3.05, 3.63) is 29.3 Å². The number of benzene rings is 1. The number of hydrogen-bond acceptors (Lipinski definition) is 4. The Kier molecular flexibility index (Phi) is 7.82. The van der Waals surface area contributed by atoms with E-state index < -0.39 is 6.10 Å². The minimum atomic E-state index is -0.500. The summed E-state index contributed by atoms with van der Waals surface area (Å²) in [7, 11) is 0. The van der Waals surface area contributed by atoms with Crippen LogP contribution in [0.15, 0.2) is 24.3 Å². The Morgan fingerprint density at radius 3 is 2.71 bits per heavy atom. The van der Waals surface area contributed by atoms with Crippen LogP contribution in [0.3, 0.4) is 0 Å². The third kappa shape index (κ3) is 5.36. The van der Waals surface area contributed by atoms with Gasteiger partial charge in [0.05, 0.1) is 11.1 Å². The van der Waals surface area contributed by atoms with Crippen LogP contribution in [0.5, 0.6) is 5.75 Å². The largest absolute Gasteiger partial charge is 0.479 e. The molecule has 0 saturated carbocycles. The average Bonchev–Trinajstić information content (AvgIpc) is 2.61. The summed E-state index contributed by atoms with van der Waals surface area (Å²) in [6, 6.07) is 7.24. The van der Waals surface area contributed by atoms with Crippen LogP contribution in [-0.4, -0.2) is 49.3 Å². The number of hydrogen-bond donors (Lipinski definition) is 1. The predicted octanol–water partition coefficient (Wildman–Crippen LogP) is 2.85. The van der Waals surface area contributed by atoms with Crippen LogP contribution in [-0.2, 0) is 9.53 Å². The molecule has 5 nitrogen and oxygen atoms in total. The molecule has 1 saturated heterocycles. The first-order chi connectivity index (χ1) is 11.7. The molecular weight excluding hydrogens is 328 g/mol. The Hall–Kier alpha value is -1.30. The second-order valence-corrected chi connectivity index (χ2v) is 6.39. The number of nitrogens with two attached hydrogens (primary N) is 1. The van der Waals surface area contributed by atoms with Crippen molar-refractivity contribution < 1.29 is 14.3 Å². The zero-order valence-electron chi connectivity index (χ0n) is 14.2. The molecule has 0 aromatic heterocycles. The van der Waals surface area contributed by atoms with E-state index in [0.717, 1.165) is 19.3 Å². The van der Waals surface area contributed by atoms with Crippen molar-refractivity contribution in [3.63, 3.8) is 0 Å². The third-order valence-corrected chi connectivity index (χ3v) is 4.52. The Balaban J connectivity index is 1.85. The molecule has 1 aliphatic rings. The van der Waals surface area contributed by atoms with Gasteiger partial charge in [-0.25, -0.2) is 0 Å². The van der Waals surface area contributed by atoms with Gasteiger partial charge in [0.1, 0.15) is 5.75 Å². The number of likely N-dealkylation sites (tertiary alicyclic amines) is 1. The highest BCUT2D eigenvalue weighted by atomic mass is 35.5. The molecule has 2 rings (SSSR count). The summed E-state index contributed by atoms with van der Waals surface area (Å²) >= 11 is 6.12. The van der Waals surface area contributed by atoms with Crippen LogP contribution >= 0.6 is 11.6 Å². The number of carbonyl (C=O) groups excluding carboxylic acids is 1. The van der Waals surface area contributed by atoms with Crippen molar-refractivity contribution in [3.8, 4) is 5.75 Å². The molecule has 0 spiro atoms. The predicted molar refractivity (Wildman–Crippen MR) is 95.4 cm³/mol. The summed E-state index contributed by atoms with van der Waals surface area (Å²) in [4.78, 5) is 14.6. The summed E-state index contributed by atoms with van der Waals surface area (Å²) in [6.45, 7) is 4.70. The highest BCUT2D eigenvalue weighted by Crippen LogP contribution is 2.26. The van der Waals surface area contributed by atoms with Crippen LogP contribution < -0.4 is 10.5 Å². The minimum Gasteiger partial charge on any atom is -0.479 e. The van der Waals surface area contributed by atoms with E-state index >= 15 is 0 Å². The van der Waals surface area contributed by atoms with E-state index in [9.17, 15) is 4.79 Å². The molecule has 1 aliphatic heterocycles. The zero-order valence-corrected chi connectivity index (χ0v) is 15.0. The van der Waals surface area contributed by atoms with E-state index in [1.807, 2.05) is 24.0 Å². The smallest absolute Gasteiger partial charge is 0.263 e.